The molecule has 180 valence electrons. The van der Waals surface area contributed by atoms with Gasteiger partial charge < -0.3 is 14.6 Å². The normalized spacial score (nSPS) is 14.2. The number of nitrogens with zero attached hydrogens (tertiary/aromatic N) is 1. The fourth-order valence-corrected chi connectivity index (χ4v) is 5.23. The second-order valence-electron chi connectivity index (χ2n) is 10.1. The highest BCUT2D eigenvalue weighted by atomic mass is 35.5. The predicted octanol–water partition coefficient (Wildman–Crippen LogP) is 7.20. The molecule has 1 aromatic heterocycles. The first-order chi connectivity index (χ1) is 16.6. The van der Waals surface area contributed by atoms with E-state index in [1.54, 1.807) is 0 Å². The lowest BCUT2D eigenvalue weighted by Gasteiger charge is -2.29. The Morgan fingerprint density at radius 3 is 2.60 bits per heavy atom. The molecule has 2 heterocycles. The van der Waals surface area contributed by atoms with E-state index in [0.717, 1.165) is 56.1 Å². The number of fused-ring (bicyclic) bond motifs is 1. The number of rotatable bonds is 4. The van der Waals surface area contributed by atoms with Gasteiger partial charge in [-0.25, -0.2) is 4.79 Å². The number of ether oxygens (including phenoxy) is 2. The van der Waals surface area contributed by atoms with Crippen LogP contribution in [0.2, 0.25) is 5.02 Å². The lowest BCUT2D eigenvalue weighted by Crippen LogP contribution is -2.28. The van der Waals surface area contributed by atoms with Gasteiger partial charge in [0.15, 0.2) is 6.10 Å². The molecule has 1 N–H and O–H groups in total. The first kappa shape index (κ1) is 23.6. The average Bonchev–Trinajstić information content (AvgIpc) is 2.80. The summed E-state index contributed by atoms with van der Waals surface area (Å²) >= 11 is 6.78. The molecule has 0 spiro atoms. The van der Waals surface area contributed by atoms with Crippen LogP contribution in [0, 0.1) is 13.8 Å². The third-order valence-electron chi connectivity index (χ3n) is 6.49. The van der Waals surface area contributed by atoms with E-state index in [1.807, 2.05) is 77.2 Å². The molecule has 6 heteroatoms. The molecule has 5 nitrogen and oxygen atoms in total. The SMILES string of the molecule is Cc1cc2c(Cl)c(C)ccc2c(-c2ccc3c4c(ccnc24)CCO3)c1[C@@H](OC(C)(C)C)C(=O)O. The van der Waals surface area contributed by atoms with Crippen molar-refractivity contribution in [3.05, 3.63) is 69.9 Å². The summed E-state index contributed by atoms with van der Waals surface area (Å²) in [6.07, 6.45) is 1.44. The van der Waals surface area contributed by atoms with Gasteiger partial charge in [0.2, 0.25) is 0 Å². The highest BCUT2D eigenvalue weighted by molar-refractivity contribution is 6.37. The molecule has 0 saturated carbocycles. The van der Waals surface area contributed by atoms with Gasteiger partial charge in [-0.1, -0.05) is 23.7 Å². The number of benzene rings is 3. The number of halogens is 1. The second-order valence-corrected chi connectivity index (χ2v) is 10.5. The van der Waals surface area contributed by atoms with Gasteiger partial charge in [0.05, 0.1) is 22.7 Å². The zero-order chi connectivity index (χ0) is 25.1. The van der Waals surface area contributed by atoms with Crippen molar-refractivity contribution in [1.82, 2.24) is 4.98 Å². The second kappa shape index (κ2) is 8.51. The van der Waals surface area contributed by atoms with Crippen molar-refractivity contribution < 1.29 is 19.4 Å². The van der Waals surface area contributed by atoms with Gasteiger partial charge in [-0.05, 0) is 86.5 Å². The number of hydrogen-bond acceptors (Lipinski definition) is 4. The summed E-state index contributed by atoms with van der Waals surface area (Å²) < 4.78 is 12.1. The molecule has 5 rings (SSSR count). The number of carboxylic acid groups (broad SMARTS) is 1. The number of carbonyl (C=O) groups is 1. The maximum absolute atomic E-state index is 12.6. The van der Waals surface area contributed by atoms with Crippen LogP contribution in [-0.4, -0.2) is 28.3 Å². The number of aromatic nitrogens is 1. The maximum atomic E-state index is 12.6. The minimum atomic E-state index is -1.17. The molecule has 0 saturated heterocycles. The van der Waals surface area contributed by atoms with Crippen LogP contribution in [0.5, 0.6) is 5.75 Å². The van der Waals surface area contributed by atoms with Gasteiger partial charge in [0.1, 0.15) is 5.75 Å². The Morgan fingerprint density at radius 2 is 1.89 bits per heavy atom. The van der Waals surface area contributed by atoms with Gasteiger partial charge in [-0.2, -0.15) is 0 Å². The fraction of sp³-hybridized carbons (Fsp3) is 0.310. The van der Waals surface area contributed by atoms with Crippen molar-refractivity contribution in [3.8, 4) is 16.9 Å². The van der Waals surface area contributed by atoms with Crippen molar-refractivity contribution in [2.24, 2.45) is 0 Å². The largest absolute Gasteiger partial charge is 0.493 e. The first-order valence-electron chi connectivity index (χ1n) is 11.7. The van der Waals surface area contributed by atoms with Crippen LogP contribution < -0.4 is 4.74 Å². The topological polar surface area (TPSA) is 68.7 Å². The fourth-order valence-electron chi connectivity index (χ4n) is 5.02. The number of hydrogen-bond donors (Lipinski definition) is 1. The highest BCUT2D eigenvalue weighted by Gasteiger charge is 2.33. The molecule has 1 aliphatic rings. The molecular weight excluding hydrogens is 462 g/mol. The van der Waals surface area contributed by atoms with Crippen LogP contribution >= 0.6 is 11.6 Å². The van der Waals surface area contributed by atoms with E-state index in [1.165, 1.54) is 5.56 Å². The van der Waals surface area contributed by atoms with Crippen LogP contribution in [0.25, 0.3) is 32.8 Å². The number of aryl methyl sites for hydroxylation is 2. The molecule has 0 amide bonds. The smallest absolute Gasteiger partial charge is 0.337 e. The molecule has 35 heavy (non-hydrogen) atoms. The first-order valence-corrected chi connectivity index (χ1v) is 12.1. The van der Waals surface area contributed by atoms with Gasteiger partial charge in [-0.15, -0.1) is 0 Å². The van der Waals surface area contributed by atoms with Crippen molar-refractivity contribution in [2.75, 3.05) is 6.61 Å². The van der Waals surface area contributed by atoms with Crippen LogP contribution in [0.3, 0.4) is 0 Å². The molecule has 4 aromatic rings. The molecule has 1 aliphatic heterocycles. The Morgan fingerprint density at radius 1 is 1.11 bits per heavy atom. The molecule has 3 aromatic carbocycles. The third kappa shape index (κ3) is 4.03. The number of pyridine rings is 1. The Bertz CT molecular complexity index is 1490. The number of carboxylic acids is 1. The van der Waals surface area contributed by atoms with Gasteiger partial charge in [0.25, 0.3) is 0 Å². The minimum Gasteiger partial charge on any atom is -0.493 e. The Labute approximate surface area is 209 Å². The lowest BCUT2D eigenvalue weighted by molar-refractivity contribution is -0.160. The number of aliphatic carboxylic acids is 1. The van der Waals surface area contributed by atoms with E-state index in [2.05, 4.69) is 0 Å². The van der Waals surface area contributed by atoms with Crippen LogP contribution in [0.1, 0.15) is 49.1 Å². The summed E-state index contributed by atoms with van der Waals surface area (Å²) in [5.41, 5.74) is 5.27. The van der Waals surface area contributed by atoms with Crippen LogP contribution in [-0.2, 0) is 16.0 Å². The van der Waals surface area contributed by atoms with Crippen molar-refractivity contribution in [1.29, 1.82) is 0 Å². The molecule has 0 bridgehead atoms. The summed E-state index contributed by atoms with van der Waals surface area (Å²) in [6.45, 7) is 10.1. The Hall–Kier alpha value is -3.15. The average molecular weight is 490 g/mol. The maximum Gasteiger partial charge on any atom is 0.337 e. The zero-order valence-corrected chi connectivity index (χ0v) is 21.3. The van der Waals surface area contributed by atoms with E-state index in [4.69, 9.17) is 26.1 Å². The molecule has 0 fully saturated rings. The van der Waals surface area contributed by atoms with Crippen molar-refractivity contribution in [2.45, 2.75) is 52.7 Å². The van der Waals surface area contributed by atoms with E-state index in [-0.39, 0.29) is 0 Å². The highest BCUT2D eigenvalue weighted by Crippen LogP contribution is 2.46. The summed E-state index contributed by atoms with van der Waals surface area (Å²) in [7, 11) is 0. The standard InChI is InChI=1S/C29H28ClNO4/c1-15-6-7-18-20(25(15)30)14-16(2)22(27(28(32)33)35-29(3,4)5)24(18)19-8-9-21-23-17(11-13-34-21)10-12-31-26(19)23/h6-10,12,14,27H,11,13H2,1-5H3,(H,32,33)/t27-/m1/s1. The molecule has 0 unspecified atom stereocenters. The van der Waals surface area contributed by atoms with Crippen molar-refractivity contribution >= 4 is 39.2 Å². The summed E-state index contributed by atoms with van der Waals surface area (Å²) in [5, 5.41) is 13.7. The van der Waals surface area contributed by atoms with Gasteiger partial charge >= 0.3 is 5.97 Å². The Kier molecular flexibility index (Phi) is 5.73. The van der Waals surface area contributed by atoms with Gasteiger partial charge in [-0.3, -0.25) is 4.98 Å². The lowest BCUT2D eigenvalue weighted by atomic mass is 9.85. The van der Waals surface area contributed by atoms with Gasteiger partial charge in [0, 0.05) is 34.5 Å². The summed E-state index contributed by atoms with van der Waals surface area (Å²) in [4.78, 5) is 17.4. The van der Waals surface area contributed by atoms with Crippen LogP contribution in [0.15, 0.2) is 42.6 Å². The molecular formula is C29H28ClNO4. The van der Waals surface area contributed by atoms with E-state index in [9.17, 15) is 9.90 Å². The van der Waals surface area contributed by atoms with Crippen LogP contribution in [0.4, 0.5) is 0 Å². The zero-order valence-electron chi connectivity index (χ0n) is 20.5. The monoisotopic (exact) mass is 489 g/mol. The third-order valence-corrected chi connectivity index (χ3v) is 7.00. The summed E-state index contributed by atoms with van der Waals surface area (Å²) in [5.74, 6) is -0.243. The van der Waals surface area contributed by atoms with E-state index in [0.29, 0.717) is 17.2 Å². The molecule has 0 radical (unpaired) electrons. The Balaban J connectivity index is 1.94. The quantitative estimate of drug-likeness (QED) is 0.328. The predicted molar refractivity (Wildman–Crippen MR) is 140 cm³/mol. The summed E-state index contributed by atoms with van der Waals surface area (Å²) in [6, 6.07) is 11.9. The van der Waals surface area contributed by atoms with E-state index < -0.39 is 17.7 Å². The van der Waals surface area contributed by atoms with E-state index >= 15 is 0 Å². The minimum absolute atomic E-state index is 0.610. The molecule has 0 aliphatic carbocycles. The molecule has 1 atom stereocenters. The van der Waals surface area contributed by atoms with Crippen molar-refractivity contribution in [3.63, 3.8) is 0 Å².